The van der Waals surface area contributed by atoms with Crippen LogP contribution in [0.15, 0.2) is 67.0 Å². The third-order valence-corrected chi connectivity index (χ3v) is 5.30. The zero-order valence-corrected chi connectivity index (χ0v) is 16.8. The van der Waals surface area contributed by atoms with E-state index in [0.717, 1.165) is 22.7 Å². The van der Waals surface area contributed by atoms with Gasteiger partial charge in [-0.25, -0.2) is 4.68 Å². The van der Waals surface area contributed by atoms with E-state index in [1.54, 1.807) is 18.0 Å². The van der Waals surface area contributed by atoms with Crippen molar-refractivity contribution in [3.8, 4) is 5.69 Å². The Morgan fingerprint density at radius 1 is 0.966 bits per heavy atom. The molecule has 0 radical (unpaired) electrons. The summed E-state index contributed by atoms with van der Waals surface area (Å²) in [6.07, 6.45) is 3.70. The molecule has 0 aliphatic heterocycles. The summed E-state index contributed by atoms with van der Waals surface area (Å²) in [4.78, 5) is 13.0. The fourth-order valence-corrected chi connectivity index (χ4v) is 3.66. The molecule has 0 fully saturated rings. The number of nitrogens with two attached hydrogens (primary N) is 1. The van der Waals surface area contributed by atoms with E-state index in [1.165, 1.54) is 5.56 Å². The van der Waals surface area contributed by atoms with E-state index < -0.39 is 0 Å². The predicted molar refractivity (Wildman–Crippen MR) is 117 cm³/mol. The Labute approximate surface area is 173 Å². The monoisotopic (exact) mass is 403 g/mol. The maximum absolute atomic E-state index is 5.88. The molecule has 0 aliphatic carbocycles. The molecule has 0 aliphatic rings. The molecule has 0 amide bonds. The van der Waals surface area contributed by atoms with Crippen LogP contribution in [0, 0.1) is 6.92 Å². The van der Waals surface area contributed by atoms with Gasteiger partial charge in [-0.3, -0.25) is 0 Å². The lowest BCUT2D eigenvalue weighted by Crippen LogP contribution is -2.07. The number of hydrogen-bond acceptors (Lipinski definition) is 7. The molecule has 0 unspecified atom stereocenters. The van der Waals surface area contributed by atoms with Crippen LogP contribution in [-0.2, 0) is 11.5 Å². The molecule has 7 nitrogen and oxygen atoms in total. The molecule has 2 heterocycles. The molecule has 29 heavy (non-hydrogen) atoms. The number of benzene rings is 2. The van der Waals surface area contributed by atoms with Crippen LogP contribution in [0.4, 0.5) is 17.6 Å². The van der Waals surface area contributed by atoms with Crippen molar-refractivity contribution in [2.75, 3.05) is 11.1 Å². The van der Waals surface area contributed by atoms with Gasteiger partial charge in [0.15, 0.2) is 0 Å². The molecule has 146 valence electrons. The van der Waals surface area contributed by atoms with E-state index in [4.69, 9.17) is 5.73 Å². The molecule has 2 aromatic carbocycles. The summed E-state index contributed by atoms with van der Waals surface area (Å²) in [5.74, 6) is 2.84. The lowest BCUT2D eigenvalue weighted by atomic mass is 10.2. The molecule has 0 atom stereocenters. The number of nitrogen functional groups attached to an aromatic ring is 1. The maximum Gasteiger partial charge on any atom is 0.232 e. The summed E-state index contributed by atoms with van der Waals surface area (Å²) in [6, 6.07) is 18.2. The first-order chi connectivity index (χ1) is 14.2. The largest absolute Gasteiger partial charge is 0.368 e. The van der Waals surface area contributed by atoms with Gasteiger partial charge >= 0.3 is 0 Å². The van der Waals surface area contributed by atoms with Gasteiger partial charge in [0.2, 0.25) is 11.9 Å². The highest BCUT2D eigenvalue weighted by Gasteiger charge is 2.07. The SMILES string of the molecule is Cc1ccccc1Nc1nc(N)nc(CSCc2ccc(-n3cccn3)cc2)n1. The highest BCUT2D eigenvalue weighted by Crippen LogP contribution is 2.21. The number of hydrogen-bond donors (Lipinski definition) is 2. The van der Waals surface area contributed by atoms with Crippen LogP contribution >= 0.6 is 11.8 Å². The minimum Gasteiger partial charge on any atom is -0.368 e. The summed E-state index contributed by atoms with van der Waals surface area (Å²) in [5.41, 5.74) is 10.2. The maximum atomic E-state index is 5.88. The first kappa shape index (κ1) is 18.9. The first-order valence-electron chi connectivity index (χ1n) is 9.17. The molecular weight excluding hydrogens is 382 g/mol. The third kappa shape index (κ3) is 4.91. The quantitative estimate of drug-likeness (QED) is 0.479. The first-order valence-corrected chi connectivity index (χ1v) is 10.3. The molecule has 4 rings (SSSR count). The Hall–Kier alpha value is -3.39. The van der Waals surface area contributed by atoms with E-state index in [-0.39, 0.29) is 5.95 Å². The zero-order valence-electron chi connectivity index (χ0n) is 16.0. The van der Waals surface area contributed by atoms with Crippen molar-refractivity contribution in [1.29, 1.82) is 0 Å². The lowest BCUT2D eigenvalue weighted by Gasteiger charge is -2.09. The second-order valence-electron chi connectivity index (χ2n) is 6.48. The van der Waals surface area contributed by atoms with Gasteiger partial charge in [0.25, 0.3) is 0 Å². The van der Waals surface area contributed by atoms with Crippen LogP contribution in [0.1, 0.15) is 17.0 Å². The second-order valence-corrected chi connectivity index (χ2v) is 7.47. The summed E-state index contributed by atoms with van der Waals surface area (Å²) in [7, 11) is 0. The third-order valence-electron chi connectivity index (χ3n) is 4.30. The molecule has 3 N–H and O–H groups in total. The number of anilines is 3. The van der Waals surface area contributed by atoms with E-state index in [0.29, 0.717) is 17.5 Å². The van der Waals surface area contributed by atoms with Crippen molar-refractivity contribution in [1.82, 2.24) is 24.7 Å². The lowest BCUT2D eigenvalue weighted by molar-refractivity contribution is 0.880. The van der Waals surface area contributed by atoms with E-state index >= 15 is 0 Å². The number of aryl methyl sites for hydroxylation is 1. The van der Waals surface area contributed by atoms with Gasteiger partial charge in [-0.1, -0.05) is 30.3 Å². The van der Waals surface area contributed by atoms with E-state index in [1.807, 2.05) is 48.1 Å². The zero-order chi connectivity index (χ0) is 20.1. The molecule has 0 saturated heterocycles. The van der Waals surface area contributed by atoms with Gasteiger partial charge in [0, 0.05) is 23.8 Å². The Kier molecular flexibility index (Phi) is 5.71. The standard InChI is InChI=1S/C21H21N7S/c1-15-5-2-3-6-18(15)24-21-26-19(25-20(22)27-21)14-29-13-16-7-9-17(10-8-16)28-12-4-11-23-28/h2-12H,13-14H2,1H3,(H3,22,24,25,26,27). The van der Waals surface area contributed by atoms with Crippen molar-refractivity contribution >= 4 is 29.3 Å². The molecule has 2 aromatic heterocycles. The number of rotatable bonds is 7. The summed E-state index contributed by atoms with van der Waals surface area (Å²) >= 11 is 1.73. The number of thioether (sulfide) groups is 1. The number of nitrogens with one attached hydrogen (secondary N) is 1. The smallest absolute Gasteiger partial charge is 0.232 e. The van der Waals surface area contributed by atoms with Crippen molar-refractivity contribution in [2.24, 2.45) is 0 Å². The van der Waals surface area contributed by atoms with Crippen LogP contribution in [0.3, 0.4) is 0 Å². The topological polar surface area (TPSA) is 94.5 Å². The fraction of sp³-hybridized carbons (Fsp3) is 0.143. The molecular formula is C21H21N7S. The van der Waals surface area contributed by atoms with E-state index in [2.05, 4.69) is 49.6 Å². The van der Waals surface area contributed by atoms with Gasteiger partial charge in [-0.05, 0) is 42.3 Å². The summed E-state index contributed by atoms with van der Waals surface area (Å²) < 4.78 is 1.84. The van der Waals surface area contributed by atoms with Crippen LogP contribution in [0.25, 0.3) is 5.69 Å². The minimum absolute atomic E-state index is 0.218. The van der Waals surface area contributed by atoms with Gasteiger partial charge in [0.05, 0.1) is 11.4 Å². The summed E-state index contributed by atoms with van der Waals surface area (Å²) in [6.45, 7) is 2.03. The van der Waals surface area contributed by atoms with Crippen molar-refractivity contribution in [2.45, 2.75) is 18.4 Å². The number of nitrogens with zero attached hydrogens (tertiary/aromatic N) is 5. The highest BCUT2D eigenvalue weighted by molar-refractivity contribution is 7.97. The summed E-state index contributed by atoms with van der Waals surface area (Å²) in [5, 5.41) is 7.46. The molecule has 0 spiro atoms. The van der Waals surface area contributed by atoms with Crippen molar-refractivity contribution in [3.05, 3.63) is 83.9 Å². The van der Waals surface area contributed by atoms with Crippen LogP contribution < -0.4 is 11.1 Å². The van der Waals surface area contributed by atoms with Crippen LogP contribution in [-0.4, -0.2) is 24.7 Å². The molecule has 0 bridgehead atoms. The number of para-hydroxylation sites is 1. The molecule has 0 saturated carbocycles. The van der Waals surface area contributed by atoms with Gasteiger partial charge in [0.1, 0.15) is 5.82 Å². The van der Waals surface area contributed by atoms with Gasteiger partial charge in [-0.2, -0.15) is 20.1 Å². The van der Waals surface area contributed by atoms with Crippen molar-refractivity contribution < 1.29 is 0 Å². The average molecular weight is 404 g/mol. The second kappa shape index (κ2) is 8.74. The van der Waals surface area contributed by atoms with Gasteiger partial charge < -0.3 is 11.1 Å². The Morgan fingerprint density at radius 2 is 1.79 bits per heavy atom. The van der Waals surface area contributed by atoms with Crippen LogP contribution in [0.5, 0.6) is 0 Å². The Morgan fingerprint density at radius 3 is 2.55 bits per heavy atom. The Bertz CT molecular complexity index is 1080. The van der Waals surface area contributed by atoms with E-state index in [9.17, 15) is 0 Å². The normalized spacial score (nSPS) is 10.8. The van der Waals surface area contributed by atoms with Crippen LogP contribution in [0.2, 0.25) is 0 Å². The highest BCUT2D eigenvalue weighted by atomic mass is 32.2. The Balaban J connectivity index is 1.37. The fourth-order valence-electron chi connectivity index (χ4n) is 2.82. The average Bonchev–Trinajstić information content (AvgIpc) is 3.25. The van der Waals surface area contributed by atoms with Crippen molar-refractivity contribution in [3.63, 3.8) is 0 Å². The van der Waals surface area contributed by atoms with Gasteiger partial charge in [-0.15, -0.1) is 11.8 Å². The number of aromatic nitrogens is 5. The molecule has 8 heteroatoms. The minimum atomic E-state index is 0.218. The predicted octanol–water partition coefficient (Wildman–Crippen LogP) is 4.12. The molecule has 4 aromatic rings.